The number of esters is 1. The molecule has 0 aromatic rings. The highest BCUT2D eigenvalue weighted by Crippen LogP contribution is 2.09. The fourth-order valence-corrected chi connectivity index (χ4v) is 1.28. The minimum Gasteiger partial charge on any atom is -0.461 e. The van der Waals surface area contributed by atoms with Crippen molar-refractivity contribution in [3.63, 3.8) is 0 Å². The number of carbonyl (C=O) groups excluding carboxylic acids is 1. The van der Waals surface area contributed by atoms with Crippen LogP contribution in [0, 0.1) is 17.8 Å². The smallest absolute Gasteiger partial charge is 0.332 e. The van der Waals surface area contributed by atoms with Gasteiger partial charge in [-0.25, -0.2) is 4.79 Å². The number of hydrogen-bond acceptors (Lipinski definition) is 4. The molecule has 2 unspecified atom stereocenters. The number of rotatable bonds is 7. The lowest BCUT2D eigenvalue weighted by Gasteiger charge is -2.13. The van der Waals surface area contributed by atoms with Crippen molar-refractivity contribution in [1.29, 1.82) is 0 Å². The van der Waals surface area contributed by atoms with Crippen LogP contribution in [-0.4, -0.2) is 39.5 Å². The molecule has 0 N–H and O–H groups in total. The predicted octanol–water partition coefficient (Wildman–Crippen LogP) is 1.63. The molecule has 0 saturated heterocycles. The van der Waals surface area contributed by atoms with E-state index in [1.54, 1.807) is 7.11 Å². The maximum absolute atomic E-state index is 11.1. The van der Waals surface area contributed by atoms with Gasteiger partial charge in [0, 0.05) is 20.1 Å². The molecule has 0 fully saturated rings. The van der Waals surface area contributed by atoms with Crippen LogP contribution in [-0.2, 0) is 19.0 Å². The minimum absolute atomic E-state index is 0.00748. The molecule has 0 aliphatic carbocycles. The van der Waals surface area contributed by atoms with Crippen molar-refractivity contribution in [2.45, 2.75) is 32.8 Å². The first kappa shape index (κ1) is 16.0. The quantitative estimate of drug-likeness (QED) is 0.503. The Kier molecular flexibility index (Phi) is 9.50. The summed E-state index contributed by atoms with van der Waals surface area (Å²) in [5.41, 5.74) is 0. The molecule has 0 saturated carbocycles. The van der Waals surface area contributed by atoms with Gasteiger partial charge in [-0.05, 0) is 19.8 Å². The summed E-state index contributed by atoms with van der Waals surface area (Å²) in [5, 5.41) is 0. The van der Waals surface area contributed by atoms with Gasteiger partial charge in [0.1, 0.15) is 13.2 Å². The maximum Gasteiger partial charge on any atom is 0.332 e. The molecule has 0 aliphatic heterocycles. The van der Waals surface area contributed by atoms with E-state index < -0.39 is 0 Å². The lowest BCUT2D eigenvalue weighted by atomic mass is 10.0. The van der Waals surface area contributed by atoms with Crippen LogP contribution in [0.1, 0.15) is 26.7 Å². The Balaban J connectivity index is 3.73. The van der Waals surface area contributed by atoms with Crippen LogP contribution in [0.3, 0.4) is 0 Å². The van der Waals surface area contributed by atoms with Crippen LogP contribution in [0.5, 0.6) is 0 Å². The van der Waals surface area contributed by atoms with Gasteiger partial charge in [-0.1, -0.05) is 18.8 Å². The molecule has 0 spiro atoms. The zero-order chi connectivity index (χ0) is 13.1. The normalized spacial score (nSPS) is 13.4. The Morgan fingerprint density at radius 1 is 1.18 bits per heavy atom. The Bertz CT molecular complexity index is 264. The molecule has 98 valence electrons. The molecule has 0 heterocycles. The van der Waals surface area contributed by atoms with Crippen LogP contribution in [0.15, 0.2) is 0 Å². The summed E-state index contributed by atoms with van der Waals surface area (Å²) in [6.07, 6.45) is 1.61. The molecule has 4 nitrogen and oxygen atoms in total. The van der Waals surface area contributed by atoms with Crippen molar-refractivity contribution in [2.75, 3.05) is 27.4 Å². The fraction of sp³-hybridized carbons (Fsp3) is 0.769. The standard InChI is InChI=1S/C13H22O4/c1-11(6-5-9-15-3)7-8-12(2)17-13(14)10-16-4/h11-12H,7-10H2,1-4H3. The topological polar surface area (TPSA) is 44.8 Å². The van der Waals surface area contributed by atoms with Gasteiger partial charge in [0.15, 0.2) is 0 Å². The number of ether oxygens (including phenoxy) is 3. The van der Waals surface area contributed by atoms with E-state index in [0.29, 0.717) is 6.61 Å². The molecular weight excluding hydrogens is 220 g/mol. The van der Waals surface area contributed by atoms with Crippen LogP contribution in [0.2, 0.25) is 0 Å². The molecule has 0 radical (unpaired) electrons. The SMILES string of the molecule is COCC#CC(C)CCC(C)OC(=O)COC. The van der Waals surface area contributed by atoms with E-state index in [1.807, 2.05) is 13.8 Å². The molecule has 0 aromatic heterocycles. The highest BCUT2D eigenvalue weighted by Gasteiger charge is 2.10. The van der Waals surface area contributed by atoms with Crippen LogP contribution in [0.25, 0.3) is 0 Å². The third-order valence-electron chi connectivity index (χ3n) is 2.17. The zero-order valence-electron chi connectivity index (χ0n) is 11.1. The van der Waals surface area contributed by atoms with Gasteiger partial charge in [-0.2, -0.15) is 0 Å². The summed E-state index contributed by atoms with van der Waals surface area (Å²) in [7, 11) is 3.09. The highest BCUT2D eigenvalue weighted by molar-refractivity contribution is 5.70. The zero-order valence-corrected chi connectivity index (χ0v) is 11.1. The fourth-order valence-electron chi connectivity index (χ4n) is 1.28. The van der Waals surface area contributed by atoms with E-state index in [9.17, 15) is 4.79 Å². The minimum atomic E-state index is -0.321. The van der Waals surface area contributed by atoms with E-state index >= 15 is 0 Å². The summed E-state index contributed by atoms with van der Waals surface area (Å²) >= 11 is 0. The summed E-state index contributed by atoms with van der Waals surface area (Å²) in [6.45, 7) is 4.39. The lowest BCUT2D eigenvalue weighted by molar-refractivity contribution is -0.152. The van der Waals surface area contributed by atoms with E-state index in [-0.39, 0.29) is 24.6 Å². The summed E-state index contributed by atoms with van der Waals surface area (Å²) in [6, 6.07) is 0. The van der Waals surface area contributed by atoms with Crippen molar-refractivity contribution in [3.05, 3.63) is 0 Å². The molecule has 2 atom stereocenters. The average molecular weight is 242 g/mol. The maximum atomic E-state index is 11.1. The summed E-state index contributed by atoms with van der Waals surface area (Å²) in [4.78, 5) is 11.1. The van der Waals surface area contributed by atoms with E-state index in [2.05, 4.69) is 16.6 Å². The van der Waals surface area contributed by atoms with E-state index in [0.717, 1.165) is 12.8 Å². The van der Waals surface area contributed by atoms with Crippen LogP contribution >= 0.6 is 0 Å². The van der Waals surface area contributed by atoms with Gasteiger partial charge in [-0.3, -0.25) is 0 Å². The Hall–Kier alpha value is -1.05. The molecular formula is C13H22O4. The molecule has 17 heavy (non-hydrogen) atoms. The van der Waals surface area contributed by atoms with Gasteiger partial charge >= 0.3 is 5.97 Å². The third kappa shape index (κ3) is 9.86. The highest BCUT2D eigenvalue weighted by atomic mass is 16.6. The molecule has 0 aromatic carbocycles. The molecule has 0 rings (SSSR count). The summed E-state index contributed by atoms with van der Waals surface area (Å²) in [5.74, 6) is 5.96. The lowest BCUT2D eigenvalue weighted by Crippen LogP contribution is -2.19. The van der Waals surface area contributed by atoms with Crippen molar-refractivity contribution in [3.8, 4) is 11.8 Å². The second kappa shape index (κ2) is 10.1. The first-order valence-corrected chi connectivity index (χ1v) is 5.75. The second-order valence-electron chi connectivity index (χ2n) is 3.97. The van der Waals surface area contributed by atoms with Crippen LogP contribution in [0.4, 0.5) is 0 Å². The Labute approximate surface area is 104 Å². The Morgan fingerprint density at radius 2 is 1.88 bits per heavy atom. The Morgan fingerprint density at radius 3 is 2.47 bits per heavy atom. The van der Waals surface area contributed by atoms with Gasteiger partial charge in [0.2, 0.25) is 0 Å². The van der Waals surface area contributed by atoms with Crippen molar-refractivity contribution in [1.82, 2.24) is 0 Å². The molecule has 0 amide bonds. The van der Waals surface area contributed by atoms with Crippen molar-refractivity contribution in [2.24, 2.45) is 5.92 Å². The van der Waals surface area contributed by atoms with Crippen molar-refractivity contribution >= 4 is 5.97 Å². The number of methoxy groups -OCH3 is 2. The first-order chi connectivity index (χ1) is 8.10. The number of carbonyl (C=O) groups is 1. The van der Waals surface area contributed by atoms with E-state index in [4.69, 9.17) is 9.47 Å². The third-order valence-corrected chi connectivity index (χ3v) is 2.17. The first-order valence-electron chi connectivity index (χ1n) is 5.75. The summed E-state index contributed by atoms with van der Waals surface area (Å²) < 4.78 is 14.7. The van der Waals surface area contributed by atoms with E-state index in [1.165, 1.54) is 7.11 Å². The monoisotopic (exact) mass is 242 g/mol. The largest absolute Gasteiger partial charge is 0.461 e. The average Bonchev–Trinajstić information content (AvgIpc) is 2.27. The van der Waals surface area contributed by atoms with Gasteiger partial charge in [-0.15, -0.1) is 0 Å². The molecule has 0 bridgehead atoms. The molecule has 0 aliphatic rings. The number of hydrogen-bond donors (Lipinski definition) is 0. The van der Waals surface area contributed by atoms with Gasteiger partial charge in [0.25, 0.3) is 0 Å². The second-order valence-corrected chi connectivity index (χ2v) is 3.97. The van der Waals surface area contributed by atoms with Crippen LogP contribution < -0.4 is 0 Å². The predicted molar refractivity (Wildman–Crippen MR) is 65.5 cm³/mol. The van der Waals surface area contributed by atoms with Crippen molar-refractivity contribution < 1.29 is 19.0 Å². The molecule has 4 heteroatoms. The van der Waals surface area contributed by atoms with Gasteiger partial charge in [0.05, 0.1) is 6.10 Å². The van der Waals surface area contributed by atoms with Gasteiger partial charge < -0.3 is 14.2 Å².